The van der Waals surface area contributed by atoms with Crippen molar-refractivity contribution in [2.75, 3.05) is 0 Å². The van der Waals surface area contributed by atoms with Crippen LogP contribution in [0, 0.1) is 13.8 Å². The first-order chi connectivity index (χ1) is 7.65. The second kappa shape index (κ2) is 3.25. The Hall–Kier alpha value is -1.48. The second-order valence-electron chi connectivity index (χ2n) is 4.15. The molecule has 1 aliphatic carbocycles. The smallest absolute Gasteiger partial charge is 0.168 e. The standard InChI is InChI=1S/C13H11NOS/c1-7-3-4-9-10(5-7)11(15)6-12-13(9)14-8(2)16-12/h3-5H,6H2,1-2H3. The molecule has 1 heterocycles. The lowest BCUT2D eigenvalue weighted by Crippen LogP contribution is -2.11. The summed E-state index contributed by atoms with van der Waals surface area (Å²) in [6.07, 6.45) is 0.511. The van der Waals surface area contributed by atoms with E-state index in [-0.39, 0.29) is 5.78 Å². The molecule has 80 valence electrons. The lowest BCUT2D eigenvalue weighted by molar-refractivity contribution is 0.0992. The quantitative estimate of drug-likeness (QED) is 0.694. The molecule has 1 aliphatic rings. The summed E-state index contributed by atoms with van der Waals surface area (Å²) in [5.74, 6) is 0.217. The summed E-state index contributed by atoms with van der Waals surface area (Å²) >= 11 is 1.63. The van der Waals surface area contributed by atoms with E-state index >= 15 is 0 Å². The zero-order valence-electron chi connectivity index (χ0n) is 9.20. The molecule has 3 rings (SSSR count). The van der Waals surface area contributed by atoms with Crippen LogP contribution in [0.25, 0.3) is 11.3 Å². The minimum atomic E-state index is 0.217. The van der Waals surface area contributed by atoms with Gasteiger partial charge in [-0.15, -0.1) is 11.3 Å². The second-order valence-corrected chi connectivity index (χ2v) is 5.44. The van der Waals surface area contributed by atoms with E-state index in [9.17, 15) is 4.79 Å². The van der Waals surface area contributed by atoms with Crippen LogP contribution < -0.4 is 0 Å². The third-order valence-corrected chi connectivity index (χ3v) is 3.83. The molecule has 2 aromatic rings. The first kappa shape index (κ1) is 9.73. The van der Waals surface area contributed by atoms with Gasteiger partial charge in [-0.05, 0) is 19.9 Å². The number of ketones is 1. The number of aryl methyl sites for hydroxylation is 2. The highest BCUT2D eigenvalue weighted by molar-refractivity contribution is 7.12. The molecule has 0 saturated carbocycles. The fourth-order valence-corrected chi connectivity index (χ4v) is 3.08. The molecule has 2 nitrogen and oxygen atoms in total. The van der Waals surface area contributed by atoms with Gasteiger partial charge in [0, 0.05) is 22.4 Å². The molecule has 0 spiro atoms. The number of hydrogen-bond donors (Lipinski definition) is 0. The fraction of sp³-hybridized carbons (Fsp3) is 0.231. The van der Waals surface area contributed by atoms with E-state index in [1.54, 1.807) is 11.3 Å². The number of carbonyl (C=O) groups excluding carboxylic acids is 1. The Morgan fingerprint density at radius 3 is 2.88 bits per heavy atom. The van der Waals surface area contributed by atoms with Crippen LogP contribution in [0.2, 0.25) is 0 Å². The summed E-state index contributed by atoms with van der Waals surface area (Å²) in [4.78, 5) is 17.6. The minimum Gasteiger partial charge on any atom is -0.294 e. The zero-order valence-corrected chi connectivity index (χ0v) is 10.0. The van der Waals surface area contributed by atoms with Crippen LogP contribution in [-0.2, 0) is 6.42 Å². The summed E-state index contributed by atoms with van der Waals surface area (Å²) in [6, 6.07) is 6.02. The van der Waals surface area contributed by atoms with Gasteiger partial charge < -0.3 is 0 Å². The average molecular weight is 229 g/mol. The third kappa shape index (κ3) is 1.32. The number of rotatable bonds is 0. The lowest BCUT2D eigenvalue weighted by Gasteiger charge is -2.14. The highest BCUT2D eigenvalue weighted by Gasteiger charge is 2.25. The molecule has 0 N–H and O–H groups in total. The molecule has 1 aromatic heterocycles. The van der Waals surface area contributed by atoms with E-state index in [0.29, 0.717) is 6.42 Å². The van der Waals surface area contributed by atoms with E-state index in [0.717, 1.165) is 32.3 Å². The molecule has 0 unspecified atom stereocenters. The van der Waals surface area contributed by atoms with E-state index < -0.39 is 0 Å². The maximum absolute atomic E-state index is 12.0. The molecule has 0 fully saturated rings. The molecule has 1 aromatic carbocycles. The summed E-state index contributed by atoms with van der Waals surface area (Å²) in [5, 5.41) is 1.03. The van der Waals surface area contributed by atoms with Crippen molar-refractivity contribution < 1.29 is 4.79 Å². The van der Waals surface area contributed by atoms with Gasteiger partial charge in [0.15, 0.2) is 5.78 Å². The van der Waals surface area contributed by atoms with Crippen LogP contribution in [0.5, 0.6) is 0 Å². The van der Waals surface area contributed by atoms with Crippen LogP contribution in [0.1, 0.15) is 25.8 Å². The Kier molecular flexibility index (Phi) is 1.98. The van der Waals surface area contributed by atoms with Crippen molar-refractivity contribution in [3.63, 3.8) is 0 Å². The van der Waals surface area contributed by atoms with Gasteiger partial charge in [0.2, 0.25) is 0 Å². The summed E-state index contributed by atoms with van der Waals surface area (Å²) in [7, 11) is 0. The summed E-state index contributed by atoms with van der Waals surface area (Å²) < 4.78 is 0. The third-order valence-electron chi connectivity index (χ3n) is 2.86. The minimum absolute atomic E-state index is 0.217. The predicted molar refractivity (Wildman–Crippen MR) is 65.1 cm³/mol. The number of fused-ring (bicyclic) bond motifs is 3. The molecule has 0 radical (unpaired) electrons. The van der Waals surface area contributed by atoms with Gasteiger partial charge >= 0.3 is 0 Å². The topological polar surface area (TPSA) is 30.0 Å². The Bertz CT molecular complexity index is 598. The van der Waals surface area contributed by atoms with Crippen molar-refractivity contribution in [2.45, 2.75) is 20.3 Å². The molecule has 0 saturated heterocycles. The summed E-state index contributed by atoms with van der Waals surface area (Å²) in [6.45, 7) is 4.00. The van der Waals surface area contributed by atoms with Gasteiger partial charge in [-0.3, -0.25) is 4.79 Å². The Morgan fingerprint density at radius 2 is 2.06 bits per heavy atom. The van der Waals surface area contributed by atoms with E-state index in [1.807, 2.05) is 32.0 Å². The molecule has 3 heteroatoms. The predicted octanol–water partition coefficient (Wildman–Crippen LogP) is 3.17. The van der Waals surface area contributed by atoms with Gasteiger partial charge in [-0.25, -0.2) is 4.98 Å². The zero-order chi connectivity index (χ0) is 11.3. The van der Waals surface area contributed by atoms with Crippen LogP contribution in [0.4, 0.5) is 0 Å². The Morgan fingerprint density at radius 1 is 1.25 bits per heavy atom. The van der Waals surface area contributed by atoms with Crippen molar-refractivity contribution in [2.24, 2.45) is 0 Å². The lowest BCUT2D eigenvalue weighted by atomic mass is 9.91. The van der Waals surface area contributed by atoms with Gasteiger partial charge in [-0.2, -0.15) is 0 Å². The molecular weight excluding hydrogens is 218 g/mol. The monoisotopic (exact) mass is 229 g/mol. The Labute approximate surface area is 98.0 Å². The van der Waals surface area contributed by atoms with Crippen LogP contribution in [-0.4, -0.2) is 10.8 Å². The molecule has 0 bridgehead atoms. The molecule has 16 heavy (non-hydrogen) atoms. The van der Waals surface area contributed by atoms with Crippen LogP contribution in [0.15, 0.2) is 18.2 Å². The van der Waals surface area contributed by atoms with Crippen molar-refractivity contribution in [3.8, 4) is 11.3 Å². The molecule has 0 amide bonds. The number of hydrogen-bond acceptors (Lipinski definition) is 3. The first-order valence-corrected chi connectivity index (χ1v) is 6.07. The maximum Gasteiger partial charge on any atom is 0.168 e. The Balaban J connectivity index is 2.32. The SMILES string of the molecule is Cc1ccc2c(c1)C(=O)Cc1sc(C)nc1-2. The van der Waals surface area contributed by atoms with Crippen LogP contribution >= 0.6 is 11.3 Å². The number of carbonyl (C=O) groups is 1. The average Bonchev–Trinajstić information content (AvgIpc) is 2.59. The highest BCUT2D eigenvalue weighted by atomic mass is 32.1. The van der Waals surface area contributed by atoms with Gasteiger partial charge in [0.05, 0.1) is 10.7 Å². The number of benzene rings is 1. The number of Topliss-reactive ketones (excluding diaryl/α,β-unsaturated/α-hetero) is 1. The molecule has 0 atom stereocenters. The van der Waals surface area contributed by atoms with Gasteiger partial charge in [0.25, 0.3) is 0 Å². The number of aromatic nitrogens is 1. The molecular formula is C13H11NOS. The summed E-state index contributed by atoms with van der Waals surface area (Å²) in [5.41, 5.74) is 3.97. The molecule has 0 aliphatic heterocycles. The van der Waals surface area contributed by atoms with Crippen molar-refractivity contribution in [1.29, 1.82) is 0 Å². The maximum atomic E-state index is 12.0. The first-order valence-electron chi connectivity index (χ1n) is 5.25. The van der Waals surface area contributed by atoms with E-state index in [1.165, 1.54) is 0 Å². The van der Waals surface area contributed by atoms with Crippen molar-refractivity contribution >= 4 is 17.1 Å². The number of thiazole rings is 1. The van der Waals surface area contributed by atoms with Crippen molar-refractivity contribution in [1.82, 2.24) is 4.98 Å². The highest BCUT2D eigenvalue weighted by Crippen LogP contribution is 2.36. The fourth-order valence-electron chi connectivity index (χ4n) is 2.14. The van der Waals surface area contributed by atoms with Gasteiger partial charge in [0.1, 0.15) is 0 Å². The van der Waals surface area contributed by atoms with E-state index in [4.69, 9.17) is 0 Å². The largest absolute Gasteiger partial charge is 0.294 e. The van der Waals surface area contributed by atoms with Gasteiger partial charge in [-0.1, -0.05) is 17.7 Å². The van der Waals surface area contributed by atoms with Crippen molar-refractivity contribution in [3.05, 3.63) is 39.2 Å². The van der Waals surface area contributed by atoms with Crippen LogP contribution in [0.3, 0.4) is 0 Å². The van der Waals surface area contributed by atoms with E-state index in [2.05, 4.69) is 4.98 Å². The number of nitrogens with zero attached hydrogens (tertiary/aromatic N) is 1. The normalized spacial score (nSPS) is 13.5.